The van der Waals surface area contributed by atoms with Gasteiger partial charge in [0.25, 0.3) is 0 Å². The van der Waals surface area contributed by atoms with Crippen molar-refractivity contribution >= 4 is 41.9 Å². The summed E-state index contributed by atoms with van der Waals surface area (Å²) in [5, 5.41) is 0. The Labute approximate surface area is 112 Å². The molecule has 0 spiro atoms. The summed E-state index contributed by atoms with van der Waals surface area (Å²) >= 11 is 6.58. The molecular formula is C10H11Br2NO2S. The van der Waals surface area contributed by atoms with Gasteiger partial charge in [0.2, 0.25) is 10.0 Å². The van der Waals surface area contributed by atoms with E-state index in [0.29, 0.717) is 22.5 Å². The lowest BCUT2D eigenvalue weighted by molar-refractivity contribution is 0.477. The van der Waals surface area contributed by atoms with Gasteiger partial charge in [-0.15, -0.1) is 0 Å². The molecule has 1 heterocycles. The van der Waals surface area contributed by atoms with Crippen LogP contribution in [0.2, 0.25) is 0 Å². The molecule has 0 atom stereocenters. The third kappa shape index (κ3) is 2.34. The van der Waals surface area contributed by atoms with Crippen LogP contribution in [0.1, 0.15) is 12.8 Å². The van der Waals surface area contributed by atoms with Crippen molar-refractivity contribution in [2.24, 2.45) is 0 Å². The van der Waals surface area contributed by atoms with Crippen molar-refractivity contribution < 1.29 is 8.42 Å². The van der Waals surface area contributed by atoms with Gasteiger partial charge in [0, 0.05) is 22.0 Å². The van der Waals surface area contributed by atoms with Crippen LogP contribution in [0.25, 0.3) is 0 Å². The Bertz CT molecular complexity index is 496. The Morgan fingerprint density at radius 3 is 2.38 bits per heavy atom. The zero-order valence-electron chi connectivity index (χ0n) is 8.49. The first-order chi connectivity index (χ1) is 7.51. The number of sulfonamides is 1. The summed E-state index contributed by atoms with van der Waals surface area (Å²) in [5.41, 5.74) is 0. The SMILES string of the molecule is O=S(=O)(c1cc(Br)ccc1Br)N1CCCC1. The number of halogens is 2. The van der Waals surface area contributed by atoms with Gasteiger partial charge in [-0.25, -0.2) is 8.42 Å². The smallest absolute Gasteiger partial charge is 0.207 e. The highest BCUT2D eigenvalue weighted by Crippen LogP contribution is 2.29. The van der Waals surface area contributed by atoms with Crippen molar-refractivity contribution in [2.45, 2.75) is 17.7 Å². The lowest BCUT2D eigenvalue weighted by Gasteiger charge is -2.16. The van der Waals surface area contributed by atoms with E-state index >= 15 is 0 Å². The normalized spacial score (nSPS) is 17.9. The number of hydrogen-bond acceptors (Lipinski definition) is 2. The molecule has 1 aromatic rings. The maximum absolute atomic E-state index is 12.3. The zero-order chi connectivity index (χ0) is 11.8. The molecule has 1 aliphatic heterocycles. The lowest BCUT2D eigenvalue weighted by atomic mass is 10.4. The van der Waals surface area contributed by atoms with Crippen molar-refractivity contribution in [3.8, 4) is 0 Å². The fourth-order valence-electron chi connectivity index (χ4n) is 1.74. The van der Waals surface area contributed by atoms with E-state index in [9.17, 15) is 8.42 Å². The summed E-state index contributed by atoms with van der Waals surface area (Å²) in [4.78, 5) is 0.337. The number of rotatable bonds is 2. The van der Waals surface area contributed by atoms with Gasteiger partial charge in [0.05, 0.1) is 4.90 Å². The second-order valence-electron chi connectivity index (χ2n) is 3.69. The first-order valence-corrected chi connectivity index (χ1v) is 7.99. The fourth-order valence-corrected chi connectivity index (χ4v) is 4.72. The quantitative estimate of drug-likeness (QED) is 0.804. The highest BCUT2D eigenvalue weighted by Gasteiger charge is 2.28. The van der Waals surface area contributed by atoms with Gasteiger partial charge in [0.1, 0.15) is 0 Å². The molecule has 6 heteroatoms. The van der Waals surface area contributed by atoms with Crippen molar-refractivity contribution in [2.75, 3.05) is 13.1 Å². The number of nitrogens with zero attached hydrogens (tertiary/aromatic N) is 1. The second-order valence-corrected chi connectivity index (χ2v) is 7.36. The van der Waals surface area contributed by atoms with Gasteiger partial charge in [-0.3, -0.25) is 0 Å². The molecule has 0 aromatic heterocycles. The zero-order valence-corrected chi connectivity index (χ0v) is 12.5. The van der Waals surface area contributed by atoms with Gasteiger partial charge < -0.3 is 0 Å². The summed E-state index contributed by atoms with van der Waals surface area (Å²) in [6.45, 7) is 1.25. The van der Waals surface area contributed by atoms with Crippen molar-refractivity contribution in [1.82, 2.24) is 4.31 Å². The average molecular weight is 369 g/mol. The molecule has 0 N–H and O–H groups in total. The third-order valence-electron chi connectivity index (χ3n) is 2.58. The van der Waals surface area contributed by atoms with E-state index in [1.54, 1.807) is 16.4 Å². The maximum Gasteiger partial charge on any atom is 0.244 e. The number of hydrogen-bond donors (Lipinski definition) is 0. The molecule has 0 unspecified atom stereocenters. The van der Waals surface area contributed by atoms with E-state index in [0.717, 1.165) is 17.3 Å². The van der Waals surface area contributed by atoms with Gasteiger partial charge in [-0.05, 0) is 47.0 Å². The van der Waals surface area contributed by atoms with E-state index in [4.69, 9.17) is 0 Å². The van der Waals surface area contributed by atoms with E-state index in [1.165, 1.54) is 0 Å². The topological polar surface area (TPSA) is 37.4 Å². The van der Waals surface area contributed by atoms with Crippen LogP contribution >= 0.6 is 31.9 Å². The molecule has 0 amide bonds. The molecule has 0 aliphatic carbocycles. The summed E-state index contributed by atoms with van der Waals surface area (Å²) in [6, 6.07) is 5.19. The van der Waals surface area contributed by atoms with E-state index in [-0.39, 0.29) is 0 Å². The molecule has 1 saturated heterocycles. The first-order valence-electron chi connectivity index (χ1n) is 4.97. The highest BCUT2D eigenvalue weighted by molar-refractivity contribution is 9.11. The predicted octanol–water partition coefficient (Wildman–Crippen LogP) is 3.00. The summed E-state index contributed by atoms with van der Waals surface area (Å²) in [7, 11) is -3.34. The minimum absolute atomic E-state index is 0.337. The molecule has 2 rings (SSSR count). The molecule has 1 aromatic carbocycles. The minimum atomic E-state index is -3.34. The average Bonchev–Trinajstić information content (AvgIpc) is 2.75. The van der Waals surface area contributed by atoms with Crippen molar-refractivity contribution in [3.63, 3.8) is 0 Å². The summed E-state index contributed by atoms with van der Waals surface area (Å²) < 4.78 is 27.5. The van der Waals surface area contributed by atoms with Crippen LogP contribution in [0.5, 0.6) is 0 Å². The molecule has 0 saturated carbocycles. The van der Waals surface area contributed by atoms with Crippen LogP contribution < -0.4 is 0 Å². The van der Waals surface area contributed by atoms with Gasteiger partial charge in [-0.1, -0.05) is 15.9 Å². The largest absolute Gasteiger partial charge is 0.244 e. The predicted molar refractivity (Wildman–Crippen MR) is 69.8 cm³/mol. The molecular weight excluding hydrogens is 358 g/mol. The Hall–Kier alpha value is 0.0900. The first kappa shape index (κ1) is 12.5. The Morgan fingerprint density at radius 2 is 1.75 bits per heavy atom. The Balaban J connectivity index is 2.46. The van der Waals surface area contributed by atoms with Gasteiger partial charge in [-0.2, -0.15) is 4.31 Å². The van der Waals surface area contributed by atoms with Gasteiger partial charge in [0.15, 0.2) is 0 Å². The van der Waals surface area contributed by atoms with Crippen LogP contribution in [-0.2, 0) is 10.0 Å². The second kappa shape index (κ2) is 4.76. The molecule has 1 aliphatic rings. The Kier molecular flexibility index (Phi) is 3.73. The van der Waals surface area contributed by atoms with Crippen LogP contribution in [0.3, 0.4) is 0 Å². The summed E-state index contributed by atoms with van der Waals surface area (Å²) in [6.07, 6.45) is 1.90. The highest BCUT2D eigenvalue weighted by atomic mass is 79.9. The monoisotopic (exact) mass is 367 g/mol. The summed E-state index contributed by atoms with van der Waals surface area (Å²) in [5.74, 6) is 0. The third-order valence-corrected chi connectivity index (χ3v) is 5.96. The number of benzene rings is 1. The van der Waals surface area contributed by atoms with E-state index < -0.39 is 10.0 Å². The standard InChI is InChI=1S/C10H11Br2NO2S/c11-8-3-4-9(12)10(7-8)16(14,15)13-5-1-2-6-13/h3-4,7H,1-2,5-6H2. The molecule has 0 radical (unpaired) electrons. The van der Waals surface area contributed by atoms with Crippen molar-refractivity contribution in [1.29, 1.82) is 0 Å². The maximum atomic E-state index is 12.3. The van der Waals surface area contributed by atoms with Crippen LogP contribution in [-0.4, -0.2) is 25.8 Å². The van der Waals surface area contributed by atoms with Crippen LogP contribution in [0.15, 0.2) is 32.0 Å². The Morgan fingerprint density at radius 1 is 1.12 bits per heavy atom. The molecule has 16 heavy (non-hydrogen) atoms. The van der Waals surface area contributed by atoms with E-state index in [2.05, 4.69) is 31.9 Å². The van der Waals surface area contributed by atoms with Crippen molar-refractivity contribution in [3.05, 3.63) is 27.1 Å². The lowest BCUT2D eigenvalue weighted by Crippen LogP contribution is -2.28. The fraction of sp³-hybridized carbons (Fsp3) is 0.400. The minimum Gasteiger partial charge on any atom is -0.207 e. The molecule has 88 valence electrons. The molecule has 0 bridgehead atoms. The van der Waals surface area contributed by atoms with Gasteiger partial charge >= 0.3 is 0 Å². The molecule has 3 nitrogen and oxygen atoms in total. The van der Waals surface area contributed by atoms with Crippen LogP contribution in [0, 0.1) is 0 Å². The van der Waals surface area contributed by atoms with E-state index in [1.807, 2.05) is 6.07 Å². The molecule has 1 fully saturated rings. The van der Waals surface area contributed by atoms with Crippen LogP contribution in [0.4, 0.5) is 0 Å².